The van der Waals surface area contributed by atoms with E-state index in [4.69, 9.17) is 9.84 Å². The van der Waals surface area contributed by atoms with Gasteiger partial charge in [0.1, 0.15) is 5.75 Å². The molecule has 1 unspecified atom stereocenters. The van der Waals surface area contributed by atoms with Crippen molar-refractivity contribution in [2.45, 2.75) is 46.1 Å². The van der Waals surface area contributed by atoms with Gasteiger partial charge in [0, 0.05) is 12.6 Å². The van der Waals surface area contributed by atoms with E-state index in [1.807, 2.05) is 39.0 Å². The summed E-state index contributed by atoms with van der Waals surface area (Å²) >= 11 is 0. The molecule has 0 aliphatic rings. The van der Waals surface area contributed by atoms with E-state index in [-0.39, 0.29) is 18.6 Å². The minimum Gasteiger partial charge on any atom is -0.493 e. The fourth-order valence-electron chi connectivity index (χ4n) is 1.95. The number of aryl methyl sites for hydroxylation is 2. The van der Waals surface area contributed by atoms with Crippen LogP contribution in [0.1, 0.15) is 37.3 Å². The molecule has 4 nitrogen and oxygen atoms in total. The summed E-state index contributed by atoms with van der Waals surface area (Å²) in [6, 6.07) is 6.08. The molecule has 0 aliphatic heterocycles. The van der Waals surface area contributed by atoms with E-state index in [9.17, 15) is 4.79 Å². The lowest BCUT2D eigenvalue weighted by molar-refractivity contribution is -0.122. The van der Waals surface area contributed by atoms with Crippen LogP contribution >= 0.6 is 0 Å². The number of ether oxygens (including phenoxy) is 1. The fraction of sp³-hybridized carbons (Fsp3) is 0.562. The number of hydrogen-bond acceptors (Lipinski definition) is 3. The number of benzene rings is 1. The molecule has 4 heteroatoms. The molecule has 1 atom stereocenters. The molecule has 0 saturated carbocycles. The Bertz CT molecular complexity index is 432. The minimum absolute atomic E-state index is 0.0318. The zero-order valence-corrected chi connectivity index (χ0v) is 12.6. The molecule has 0 heterocycles. The number of rotatable bonds is 8. The van der Waals surface area contributed by atoms with Crippen molar-refractivity contribution >= 4 is 5.91 Å². The van der Waals surface area contributed by atoms with E-state index >= 15 is 0 Å². The second-order valence-corrected chi connectivity index (χ2v) is 5.05. The largest absolute Gasteiger partial charge is 0.493 e. The smallest absolute Gasteiger partial charge is 0.223 e. The Balaban J connectivity index is 2.36. The van der Waals surface area contributed by atoms with Crippen LogP contribution in [0.3, 0.4) is 0 Å². The highest BCUT2D eigenvalue weighted by Gasteiger charge is 2.10. The lowest BCUT2D eigenvalue weighted by Gasteiger charge is -2.16. The normalized spacial score (nSPS) is 12.0. The number of carbonyl (C=O) groups excluding carboxylic acids is 1. The predicted molar refractivity (Wildman–Crippen MR) is 80.0 cm³/mol. The van der Waals surface area contributed by atoms with Gasteiger partial charge < -0.3 is 15.2 Å². The van der Waals surface area contributed by atoms with Crippen molar-refractivity contribution in [3.8, 4) is 5.75 Å². The quantitative estimate of drug-likeness (QED) is 0.768. The maximum absolute atomic E-state index is 11.8. The van der Waals surface area contributed by atoms with E-state index in [1.54, 1.807) is 0 Å². The summed E-state index contributed by atoms with van der Waals surface area (Å²) < 4.78 is 5.65. The molecule has 0 spiro atoms. The van der Waals surface area contributed by atoms with Crippen LogP contribution in [-0.2, 0) is 4.79 Å². The Hall–Kier alpha value is -1.55. The molecule has 1 aromatic carbocycles. The lowest BCUT2D eigenvalue weighted by Crippen LogP contribution is -2.35. The van der Waals surface area contributed by atoms with E-state index in [0.29, 0.717) is 19.4 Å². The van der Waals surface area contributed by atoms with Gasteiger partial charge in [-0.3, -0.25) is 4.79 Å². The average molecular weight is 279 g/mol. The zero-order valence-electron chi connectivity index (χ0n) is 12.6. The van der Waals surface area contributed by atoms with Crippen molar-refractivity contribution in [3.63, 3.8) is 0 Å². The highest BCUT2D eigenvalue weighted by molar-refractivity contribution is 5.76. The molecule has 0 aliphatic carbocycles. The Morgan fingerprint density at radius 3 is 2.80 bits per heavy atom. The topological polar surface area (TPSA) is 58.6 Å². The molecule has 0 bridgehead atoms. The number of hydrogen-bond donors (Lipinski definition) is 2. The Kier molecular flexibility index (Phi) is 7.09. The monoisotopic (exact) mass is 279 g/mol. The van der Waals surface area contributed by atoms with Gasteiger partial charge in [-0.25, -0.2) is 0 Å². The van der Waals surface area contributed by atoms with Gasteiger partial charge in [-0.05, 0) is 43.9 Å². The number of amides is 1. The molecule has 2 N–H and O–H groups in total. The molecular formula is C16H25NO3. The second kappa shape index (κ2) is 8.59. The Labute approximate surface area is 121 Å². The van der Waals surface area contributed by atoms with Crippen molar-refractivity contribution < 1.29 is 14.6 Å². The summed E-state index contributed by atoms with van der Waals surface area (Å²) in [5.74, 6) is 0.802. The molecule has 0 radical (unpaired) electrons. The zero-order chi connectivity index (χ0) is 15.0. The van der Waals surface area contributed by atoms with Crippen LogP contribution in [0.15, 0.2) is 18.2 Å². The van der Waals surface area contributed by atoms with Gasteiger partial charge in [-0.15, -0.1) is 0 Å². The molecule has 0 aromatic heterocycles. The maximum atomic E-state index is 11.8. The van der Waals surface area contributed by atoms with Gasteiger partial charge in [0.2, 0.25) is 5.91 Å². The van der Waals surface area contributed by atoms with Gasteiger partial charge in [-0.2, -0.15) is 0 Å². The molecule has 0 saturated heterocycles. The van der Waals surface area contributed by atoms with Crippen LogP contribution in [0.4, 0.5) is 0 Å². The summed E-state index contributed by atoms with van der Waals surface area (Å²) in [5, 5.41) is 11.8. The maximum Gasteiger partial charge on any atom is 0.223 e. The predicted octanol–water partition coefficient (Wildman–Crippen LogP) is 2.35. The number of nitrogens with one attached hydrogen (secondary N) is 1. The van der Waals surface area contributed by atoms with Crippen LogP contribution in [0.5, 0.6) is 5.75 Å². The van der Waals surface area contributed by atoms with Crippen molar-refractivity contribution in [1.29, 1.82) is 0 Å². The van der Waals surface area contributed by atoms with Gasteiger partial charge in [0.25, 0.3) is 0 Å². The van der Waals surface area contributed by atoms with Crippen molar-refractivity contribution in [2.24, 2.45) is 0 Å². The second-order valence-electron chi connectivity index (χ2n) is 5.05. The molecule has 0 fully saturated rings. The Morgan fingerprint density at radius 2 is 2.15 bits per heavy atom. The minimum atomic E-state index is -0.0318. The first-order valence-corrected chi connectivity index (χ1v) is 7.17. The highest BCUT2D eigenvalue weighted by Crippen LogP contribution is 2.19. The first-order valence-electron chi connectivity index (χ1n) is 7.17. The molecular weight excluding hydrogens is 254 g/mol. The molecule has 1 amide bonds. The van der Waals surface area contributed by atoms with Gasteiger partial charge >= 0.3 is 0 Å². The summed E-state index contributed by atoms with van der Waals surface area (Å²) in [7, 11) is 0. The van der Waals surface area contributed by atoms with Crippen LogP contribution in [0.25, 0.3) is 0 Å². The van der Waals surface area contributed by atoms with Crippen LogP contribution in [-0.4, -0.2) is 30.3 Å². The molecule has 20 heavy (non-hydrogen) atoms. The molecule has 1 aromatic rings. The summed E-state index contributed by atoms with van der Waals surface area (Å²) in [5.41, 5.74) is 2.21. The van der Waals surface area contributed by atoms with E-state index in [2.05, 4.69) is 5.32 Å². The number of aliphatic hydroxyl groups is 1. The van der Waals surface area contributed by atoms with Crippen molar-refractivity contribution in [1.82, 2.24) is 5.32 Å². The highest BCUT2D eigenvalue weighted by atomic mass is 16.5. The molecule has 112 valence electrons. The average Bonchev–Trinajstić information content (AvgIpc) is 2.42. The van der Waals surface area contributed by atoms with E-state index in [0.717, 1.165) is 23.3 Å². The summed E-state index contributed by atoms with van der Waals surface area (Å²) in [6.07, 6.45) is 1.75. The third-order valence-electron chi connectivity index (χ3n) is 3.27. The third-order valence-corrected chi connectivity index (χ3v) is 3.27. The van der Waals surface area contributed by atoms with E-state index < -0.39 is 0 Å². The van der Waals surface area contributed by atoms with Crippen LogP contribution in [0.2, 0.25) is 0 Å². The van der Waals surface area contributed by atoms with Crippen molar-refractivity contribution in [3.05, 3.63) is 29.3 Å². The SMILES string of the molecule is CCC(CCO)NC(=O)CCOc1cc(C)ccc1C. The van der Waals surface area contributed by atoms with Crippen LogP contribution in [0, 0.1) is 13.8 Å². The fourth-order valence-corrected chi connectivity index (χ4v) is 1.95. The lowest BCUT2D eigenvalue weighted by atomic mass is 10.1. The Morgan fingerprint density at radius 1 is 1.40 bits per heavy atom. The van der Waals surface area contributed by atoms with Crippen molar-refractivity contribution in [2.75, 3.05) is 13.2 Å². The van der Waals surface area contributed by atoms with Gasteiger partial charge in [-0.1, -0.05) is 19.1 Å². The first kappa shape index (κ1) is 16.5. The van der Waals surface area contributed by atoms with E-state index in [1.165, 1.54) is 0 Å². The van der Waals surface area contributed by atoms with Gasteiger partial charge in [0.05, 0.1) is 13.0 Å². The van der Waals surface area contributed by atoms with Gasteiger partial charge in [0.15, 0.2) is 0 Å². The standard InChI is InChI=1S/C16H25NO3/c1-4-14(7-9-18)17-16(19)8-10-20-15-11-12(2)5-6-13(15)3/h5-6,11,14,18H,4,7-10H2,1-3H3,(H,17,19). The summed E-state index contributed by atoms with van der Waals surface area (Å²) in [4.78, 5) is 11.8. The number of carbonyl (C=O) groups is 1. The molecule has 1 rings (SSSR count). The summed E-state index contributed by atoms with van der Waals surface area (Å²) in [6.45, 7) is 6.46. The third kappa shape index (κ3) is 5.61. The number of aliphatic hydroxyl groups excluding tert-OH is 1. The van der Waals surface area contributed by atoms with Crippen LogP contribution < -0.4 is 10.1 Å². The first-order chi connectivity index (χ1) is 9.56.